The maximum Gasteiger partial charge on any atom is 0.347 e. The average Bonchev–Trinajstić information content (AvgIpc) is 2.48. The van der Waals surface area contributed by atoms with Gasteiger partial charge in [0.25, 0.3) is 5.91 Å². The summed E-state index contributed by atoms with van der Waals surface area (Å²) in [7, 11) is 0. The molecule has 0 bridgehead atoms. The zero-order chi connectivity index (χ0) is 11.7. The first-order valence-corrected chi connectivity index (χ1v) is 5.26. The summed E-state index contributed by atoms with van der Waals surface area (Å²) in [6.07, 6.45) is 0. The van der Waals surface area contributed by atoms with Gasteiger partial charge in [0.1, 0.15) is 6.04 Å². The fourth-order valence-corrected chi connectivity index (χ4v) is 1.67. The van der Waals surface area contributed by atoms with E-state index in [0.717, 1.165) is 5.56 Å². The maximum atomic E-state index is 11.4. The van der Waals surface area contributed by atoms with E-state index in [1.54, 1.807) is 19.1 Å². The normalized spacial score (nSPS) is 20.1. The van der Waals surface area contributed by atoms with Crippen molar-refractivity contribution in [3.05, 3.63) is 34.9 Å². The lowest BCUT2D eigenvalue weighted by atomic mass is 10.2. The Labute approximate surface area is 98.2 Å². The topological polar surface area (TPSA) is 51.5 Å². The van der Waals surface area contributed by atoms with Crippen LogP contribution in [0.4, 0.5) is 4.79 Å². The summed E-state index contributed by atoms with van der Waals surface area (Å²) in [6, 6.07) is 6.22. The second-order valence-electron chi connectivity index (χ2n) is 3.66. The van der Waals surface area contributed by atoms with Crippen molar-refractivity contribution in [1.29, 1.82) is 0 Å². The third-order valence-electron chi connectivity index (χ3n) is 2.54. The Kier molecular flexibility index (Phi) is 2.83. The van der Waals surface area contributed by atoms with Gasteiger partial charge in [-0.05, 0) is 24.6 Å². The molecule has 1 fully saturated rings. The van der Waals surface area contributed by atoms with Gasteiger partial charge in [-0.25, -0.2) is 4.79 Å². The Hall–Kier alpha value is -1.55. The van der Waals surface area contributed by atoms with Gasteiger partial charge >= 0.3 is 6.03 Å². The second kappa shape index (κ2) is 4.14. The molecular weight excluding hydrogens is 228 g/mol. The molecule has 0 aliphatic carbocycles. The minimum absolute atomic E-state index is 0.376. The third-order valence-corrected chi connectivity index (χ3v) is 2.79. The standard InChI is InChI=1S/C11H10ClN2O2/c1-7-10(15)13-11(16)14(7)6-8-2-4-9(12)5-3-8/h2-5,7H,6H2,1H3. The van der Waals surface area contributed by atoms with Gasteiger partial charge in [-0.1, -0.05) is 23.7 Å². The van der Waals surface area contributed by atoms with E-state index in [0.29, 0.717) is 11.6 Å². The predicted octanol–water partition coefficient (Wildman–Crippen LogP) is 1.80. The van der Waals surface area contributed by atoms with Gasteiger partial charge in [0.15, 0.2) is 0 Å². The lowest BCUT2D eigenvalue weighted by Gasteiger charge is -2.17. The van der Waals surface area contributed by atoms with Gasteiger partial charge in [0.2, 0.25) is 0 Å². The number of nitrogens with zero attached hydrogens (tertiary/aromatic N) is 2. The first-order chi connectivity index (χ1) is 7.58. The Morgan fingerprint density at radius 3 is 2.44 bits per heavy atom. The molecule has 1 aromatic carbocycles. The molecule has 1 aliphatic heterocycles. The number of rotatable bonds is 2. The van der Waals surface area contributed by atoms with E-state index in [9.17, 15) is 9.59 Å². The number of benzene rings is 1. The number of imide groups is 1. The fourth-order valence-electron chi connectivity index (χ4n) is 1.54. The quantitative estimate of drug-likeness (QED) is 0.737. The summed E-state index contributed by atoms with van der Waals surface area (Å²) < 4.78 is 0. The molecule has 5 heteroatoms. The molecule has 1 heterocycles. The Balaban J connectivity index is 2.13. The molecule has 1 atom stereocenters. The minimum Gasteiger partial charge on any atom is -0.307 e. The fraction of sp³-hybridized carbons (Fsp3) is 0.273. The van der Waals surface area contributed by atoms with Crippen LogP contribution in [0.3, 0.4) is 0 Å². The van der Waals surface area contributed by atoms with Crippen LogP contribution in [0.2, 0.25) is 5.02 Å². The molecule has 0 aromatic heterocycles. The molecule has 16 heavy (non-hydrogen) atoms. The first-order valence-electron chi connectivity index (χ1n) is 4.88. The molecule has 0 N–H and O–H groups in total. The van der Waals surface area contributed by atoms with Crippen LogP contribution >= 0.6 is 11.6 Å². The van der Waals surface area contributed by atoms with Crippen molar-refractivity contribution in [1.82, 2.24) is 10.2 Å². The second-order valence-corrected chi connectivity index (χ2v) is 4.10. The molecule has 1 saturated heterocycles. The highest BCUT2D eigenvalue weighted by Crippen LogP contribution is 2.16. The Bertz CT molecular complexity index is 430. The third kappa shape index (κ3) is 2.02. The summed E-state index contributed by atoms with van der Waals surface area (Å²) in [6.45, 7) is 2.05. The van der Waals surface area contributed by atoms with E-state index in [2.05, 4.69) is 5.32 Å². The zero-order valence-corrected chi connectivity index (χ0v) is 9.44. The number of hydrogen-bond donors (Lipinski definition) is 0. The Morgan fingerprint density at radius 1 is 1.31 bits per heavy atom. The molecule has 4 nitrogen and oxygen atoms in total. The van der Waals surface area contributed by atoms with E-state index in [1.165, 1.54) is 4.90 Å². The molecule has 3 amide bonds. The maximum absolute atomic E-state index is 11.4. The van der Waals surface area contributed by atoms with Crippen LogP contribution in [-0.4, -0.2) is 22.9 Å². The van der Waals surface area contributed by atoms with E-state index < -0.39 is 12.1 Å². The van der Waals surface area contributed by atoms with Gasteiger partial charge < -0.3 is 4.90 Å². The summed E-state index contributed by atoms with van der Waals surface area (Å²) in [4.78, 5) is 24.0. The van der Waals surface area contributed by atoms with Crippen LogP contribution in [0.5, 0.6) is 0 Å². The van der Waals surface area contributed by atoms with Crippen molar-refractivity contribution in [3.8, 4) is 0 Å². The van der Waals surface area contributed by atoms with Crippen molar-refractivity contribution < 1.29 is 9.59 Å². The van der Waals surface area contributed by atoms with Gasteiger partial charge in [-0.15, -0.1) is 0 Å². The summed E-state index contributed by atoms with van der Waals surface area (Å²) >= 11 is 5.76. The van der Waals surface area contributed by atoms with Crippen LogP contribution in [-0.2, 0) is 11.3 Å². The van der Waals surface area contributed by atoms with Crippen molar-refractivity contribution in [2.24, 2.45) is 0 Å². The van der Waals surface area contributed by atoms with E-state index >= 15 is 0 Å². The molecule has 0 spiro atoms. The number of halogens is 1. The predicted molar refractivity (Wildman–Crippen MR) is 59.0 cm³/mol. The highest BCUT2D eigenvalue weighted by atomic mass is 35.5. The van der Waals surface area contributed by atoms with Gasteiger partial charge in [-0.2, -0.15) is 5.32 Å². The van der Waals surface area contributed by atoms with Crippen molar-refractivity contribution in [3.63, 3.8) is 0 Å². The number of carbonyl (C=O) groups is 2. The summed E-state index contributed by atoms with van der Waals surface area (Å²) in [5.74, 6) is -0.376. The molecule has 1 radical (unpaired) electrons. The van der Waals surface area contributed by atoms with Crippen molar-refractivity contribution in [2.45, 2.75) is 19.5 Å². The van der Waals surface area contributed by atoms with E-state index in [4.69, 9.17) is 11.6 Å². The van der Waals surface area contributed by atoms with Gasteiger partial charge in [0, 0.05) is 11.6 Å². The zero-order valence-electron chi connectivity index (χ0n) is 8.68. The average molecular weight is 238 g/mol. The summed E-state index contributed by atoms with van der Waals surface area (Å²) in [5, 5.41) is 4.03. The highest BCUT2D eigenvalue weighted by Gasteiger charge is 2.36. The first kappa shape index (κ1) is 11.0. The monoisotopic (exact) mass is 237 g/mol. The van der Waals surface area contributed by atoms with Crippen molar-refractivity contribution >= 4 is 23.5 Å². The largest absolute Gasteiger partial charge is 0.347 e. The molecular formula is C11H10ClN2O2. The lowest BCUT2D eigenvalue weighted by Crippen LogP contribution is -2.31. The van der Waals surface area contributed by atoms with Crippen LogP contribution in [0.1, 0.15) is 12.5 Å². The minimum atomic E-state index is -0.469. The van der Waals surface area contributed by atoms with Crippen LogP contribution in [0.25, 0.3) is 0 Å². The molecule has 1 aromatic rings. The van der Waals surface area contributed by atoms with Crippen LogP contribution < -0.4 is 5.32 Å². The number of carbonyl (C=O) groups excluding carboxylic acids is 2. The van der Waals surface area contributed by atoms with E-state index in [1.807, 2.05) is 12.1 Å². The van der Waals surface area contributed by atoms with E-state index in [-0.39, 0.29) is 5.91 Å². The SMILES string of the molecule is CC1C(=O)[N]C(=O)N1Cc1ccc(Cl)cc1. The number of amides is 3. The van der Waals surface area contributed by atoms with Crippen LogP contribution in [0, 0.1) is 0 Å². The van der Waals surface area contributed by atoms with Crippen molar-refractivity contribution in [2.75, 3.05) is 0 Å². The number of hydrogen-bond acceptors (Lipinski definition) is 2. The van der Waals surface area contributed by atoms with Gasteiger partial charge in [-0.3, -0.25) is 4.79 Å². The molecule has 1 unspecified atom stereocenters. The summed E-state index contributed by atoms with van der Waals surface area (Å²) in [5.41, 5.74) is 0.925. The smallest absolute Gasteiger partial charge is 0.307 e. The van der Waals surface area contributed by atoms with Crippen LogP contribution in [0.15, 0.2) is 24.3 Å². The molecule has 83 valence electrons. The number of urea groups is 1. The molecule has 0 saturated carbocycles. The molecule has 2 rings (SSSR count). The van der Waals surface area contributed by atoms with Gasteiger partial charge in [0.05, 0.1) is 0 Å². The Morgan fingerprint density at radius 2 is 1.94 bits per heavy atom. The molecule has 1 aliphatic rings. The lowest BCUT2D eigenvalue weighted by molar-refractivity contribution is -0.121. The highest BCUT2D eigenvalue weighted by molar-refractivity contribution is 6.30.